The van der Waals surface area contributed by atoms with Crippen LogP contribution in [-0.2, 0) is 0 Å². The van der Waals surface area contributed by atoms with Crippen molar-refractivity contribution in [3.05, 3.63) is 52.1 Å². The highest BCUT2D eigenvalue weighted by atomic mass is 16.4. The van der Waals surface area contributed by atoms with E-state index in [1.807, 2.05) is 0 Å². The van der Waals surface area contributed by atoms with Crippen LogP contribution in [0.5, 0.6) is 17.2 Å². The zero-order valence-corrected chi connectivity index (χ0v) is 9.04. The van der Waals surface area contributed by atoms with Crippen LogP contribution in [0.4, 0.5) is 0 Å². The number of rotatable bonds is 0. The van der Waals surface area contributed by atoms with Gasteiger partial charge in [0.25, 0.3) is 0 Å². The van der Waals surface area contributed by atoms with Crippen LogP contribution in [-0.4, -0.2) is 15.3 Å². The summed E-state index contributed by atoms with van der Waals surface area (Å²) in [6.45, 7) is 0. The lowest BCUT2D eigenvalue weighted by atomic mass is 10.2. The highest BCUT2D eigenvalue weighted by Gasteiger charge is 1.99. The second kappa shape index (κ2) is 4.55. The standard InChI is InChI=1S/C13H8O5/c14-9-6-10(18-13(17)7-9)3-1-8-2-4-11(15)12(16)5-8/h2,4-7,14-16H. The molecule has 0 aliphatic heterocycles. The molecule has 0 radical (unpaired) electrons. The van der Waals surface area contributed by atoms with Gasteiger partial charge in [0.1, 0.15) is 5.75 Å². The predicted molar refractivity (Wildman–Crippen MR) is 62.4 cm³/mol. The first-order chi connectivity index (χ1) is 8.54. The zero-order valence-electron chi connectivity index (χ0n) is 9.04. The Balaban J connectivity index is 2.36. The second-order valence-corrected chi connectivity index (χ2v) is 3.45. The lowest BCUT2D eigenvalue weighted by Crippen LogP contribution is -1.96. The van der Waals surface area contributed by atoms with Gasteiger partial charge in [-0.05, 0) is 24.1 Å². The Bertz CT molecular complexity index is 703. The molecule has 5 heteroatoms. The van der Waals surface area contributed by atoms with E-state index in [1.54, 1.807) is 0 Å². The van der Waals surface area contributed by atoms with Crippen molar-refractivity contribution in [2.45, 2.75) is 0 Å². The molecular formula is C13H8O5. The third kappa shape index (κ3) is 2.62. The van der Waals surface area contributed by atoms with Gasteiger partial charge in [0.2, 0.25) is 0 Å². The smallest absolute Gasteiger partial charge is 0.340 e. The van der Waals surface area contributed by atoms with Gasteiger partial charge in [0.05, 0.1) is 6.07 Å². The molecule has 1 aromatic heterocycles. The fraction of sp³-hybridized carbons (Fsp3) is 0. The fourth-order valence-corrected chi connectivity index (χ4v) is 1.26. The lowest BCUT2D eigenvalue weighted by molar-refractivity contribution is 0.403. The predicted octanol–water partition coefficient (Wildman–Crippen LogP) is 1.16. The Kier molecular flexibility index (Phi) is 2.94. The molecule has 1 aromatic carbocycles. The van der Waals surface area contributed by atoms with Crippen molar-refractivity contribution >= 4 is 0 Å². The molecule has 0 atom stereocenters. The molecule has 2 rings (SSSR count). The van der Waals surface area contributed by atoms with Crippen molar-refractivity contribution in [3.63, 3.8) is 0 Å². The first-order valence-corrected chi connectivity index (χ1v) is 4.93. The van der Waals surface area contributed by atoms with Gasteiger partial charge in [-0.1, -0.05) is 5.92 Å². The highest BCUT2D eigenvalue weighted by Crippen LogP contribution is 2.24. The first kappa shape index (κ1) is 11.6. The van der Waals surface area contributed by atoms with Crippen molar-refractivity contribution < 1.29 is 19.7 Å². The number of hydrogen-bond acceptors (Lipinski definition) is 5. The molecule has 0 spiro atoms. The summed E-state index contributed by atoms with van der Waals surface area (Å²) in [7, 11) is 0. The minimum absolute atomic E-state index is 0.00700. The van der Waals surface area contributed by atoms with Gasteiger partial charge in [-0.2, -0.15) is 0 Å². The Morgan fingerprint density at radius 2 is 1.72 bits per heavy atom. The van der Waals surface area contributed by atoms with Gasteiger partial charge in [0.15, 0.2) is 17.3 Å². The SMILES string of the molecule is O=c1cc(O)cc(C#Cc2ccc(O)c(O)c2)o1. The number of phenolic OH excluding ortho intramolecular Hbond substituents is 2. The number of phenols is 2. The van der Waals surface area contributed by atoms with Crippen LogP contribution in [0.1, 0.15) is 11.3 Å². The third-order valence-corrected chi connectivity index (χ3v) is 2.06. The largest absolute Gasteiger partial charge is 0.508 e. The number of aromatic hydroxyl groups is 3. The molecular weight excluding hydrogens is 236 g/mol. The van der Waals surface area contributed by atoms with E-state index in [0.29, 0.717) is 5.56 Å². The summed E-state index contributed by atoms with van der Waals surface area (Å²) in [5.41, 5.74) is -0.274. The van der Waals surface area contributed by atoms with Crippen LogP contribution in [0, 0.1) is 11.8 Å². The maximum absolute atomic E-state index is 11.0. The monoisotopic (exact) mass is 244 g/mol. The molecule has 0 aliphatic carbocycles. The average molecular weight is 244 g/mol. The van der Waals surface area contributed by atoms with E-state index in [0.717, 1.165) is 6.07 Å². The van der Waals surface area contributed by atoms with E-state index in [4.69, 9.17) is 9.52 Å². The van der Waals surface area contributed by atoms with Gasteiger partial charge in [-0.25, -0.2) is 4.79 Å². The molecule has 18 heavy (non-hydrogen) atoms. The second-order valence-electron chi connectivity index (χ2n) is 3.45. The maximum atomic E-state index is 11.0. The minimum atomic E-state index is -0.701. The van der Waals surface area contributed by atoms with E-state index >= 15 is 0 Å². The van der Waals surface area contributed by atoms with Crippen LogP contribution in [0.25, 0.3) is 0 Å². The minimum Gasteiger partial charge on any atom is -0.508 e. The lowest BCUT2D eigenvalue weighted by Gasteiger charge is -1.96. The van der Waals surface area contributed by atoms with Crippen LogP contribution < -0.4 is 5.63 Å². The molecule has 0 saturated carbocycles. The summed E-state index contributed by atoms with van der Waals surface area (Å²) in [6.07, 6.45) is 0. The van der Waals surface area contributed by atoms with Gasteiger partial charge >= 0.3 is 5.63 Å². The zero-order chi connectivity index (χ0) is 13.1. The molecule has 0 unspecified atom stereocenters. The Morgan fingerprint density at radius 3 is 2.39 bits per heavy atom. The Morgan fingerprint density at radius 1 is 0.944 bits per heavy atom. The van der Waals surface area contributed by atoms with Crippen molar-refractivity contribution in [1.82, 2.24) is 0 Å². The summed E-state index contributed by atoms with van der Waals surface area (Å²) < 4.78 is 4.73. The number of benzene rings is 1. The van der Waals surface area contributed by atoms with Crippen molar-refractivity contribution in [3.8, 4) is 29.1 Å². The summed E-state index contributed by atoms with van der Waals surface area (Å²) in [5, 5.41) is 27.5. The van der Waals surface area contributed by atoms with Gasteiger partial charge in [0, 0.05) is 11.6 Å². The van der Waals surface area contributed by atoms with Crippen LogP contribution in [0.15, 0.2) is 39.5 Å². The van der Waals surface area contributed by atoms with Gasteiger partial charge < -0.3 is 19.7 Å². The topological polar surface area (TPSA) is 90.9 Å². The fourth-order valence-electron chi connectivity index (χ4n) is 1.26. The normalized spacial score (nSPS) is 9.56. The molecule has 0 saturated heterocycles. The van der Waals surface area contributed by atoms with Crippen molar-refractivity contribution in [2.75, 3.05) is 0 Å². The van der Waals surface area contributed by atoms with Crippen LogP contribution >= 0.6 is 0 Å². The molecule has 2 aromatic rings. The molecule has 5 nitrogen and oxygen atoms in total. The van der Waals surface area contributed by atoms with Gasteiger partial charge in [-0.3, -0.25) is 0 Å². The van der Waals surface area contributed by atoms with E-state index in [1.165, 1.54) is 24.3 Å². The molecule has 3 N–H and O–H groups in total. The Hall–Kier alpha value is -2.87. The van der Waals surface area contributed by atoms with Crippen molar-refractivity contribution in [1.29, 1.82) is 0 Å². The summed E-state index contributed by atoms with van der Waals surface area (Å²) in [4.78, 5) is 11.0. The van der Waals surface area contributed by atoms with Crippen LogP contribution in [0.3, 0.4) is 0 Å². The van der Waals surface area contributed by atoms with Crippen LogP contribution in [0.2, 0.25) is 0 Å². The summed E-state index contributed by atoms with van der Waals surface area (Å²) in [5.74, 6) is 4.37. The maximum Gasteiger partial charge on any atom is 0.340 e. The van der Waals surface area contributed by atoms with E-state index in [9.17, 15) is 15.0 Å². The third-order valence-electron chi connectivity index (χ3n) is 2.06. The molecule has 0 fully saturated rings. The molecule has 90 valence electrons. The summed E-state index contributed by atoms with van der Waals surface area (Å²) in [6, 6.07) is 6.18. The molecule has 0 amide bonds. The highest BCUT2D eigenvalue weighted by molar-refractivity contribution is 5.48. The Labute approximate surface area is 102 Å². The number of hydrogen-bond donors (Lipinski definition) is 3. The molecule has 1 heterocycles. The first-order valence-electron chi connectivity index (χ1n) is 4.93. The molecule has 0 aliphatic rings. The van der Waals surface area contributed by atoms with Crippen molar-refractivity contribution in [2.24, 2.45) is 0 Å². The molecule has 0 bridgehead atoms. The average Bonchev–Trinajstić information content (AvgIpc) is 2.29. The van der Waals surface area contributed by atoms with E-state index in [2.05, 4.69) is 11.8 Å². The quantitative estimate of drug-likeness (QED) is 0.477. The van der Waals surface area contributed by atoms with E-state index < -0.39 is 5.63 Å². The van der Waals surface area contributed by atoms with E-state index in [-0.39, 0.29) is 23.0 Å². The summed E-state index contributed by atoms with van der Waals surface area (Å²) >= 11 is 0. The van der Waals surface area contributed by atoms with Gasteiger partial charge in [-0.15, -0.1) is 0 Å².